The van der Waals surface area contributed by atoms with Crippen molar-refractivity contribution in [3.8, 4) is 0 Å². The third kappa shape index (κ3) is 9.91. The number of carboxylic acids is 1. The van der Waals surface area contributed by atoms with E-state index in [4.69, 9.17) is 5.11 Å². The largest absolute Gasteiger partial charge is 0.481 e. The molecule has 0 fully saturated rings. The molecular formula is C25H29F2N3O5. The molecule has 0 saturated carbocycles. The summed E-state index contributed by atoms with van der Waals surface area (Å²) in [5, 5.41) is 16.5. The maximum Gasteiger partial charge on any atom is 0.303 e. The number of carbonyl (C=O) groups is 4. The van der Waals surface area contributed by atoms with Crippen LogP contribution >= 0.6 is 0 Å². The van der Waals surface area contributed by atoms with Gasteiger partial charge in [-0.2, -0.15) is 0 Å². The first-order chi connectivity index (χ1) is 16.7. The summed E-state index contributed by atoms with van der Waals surface area (Å²) in [6, 6.07) is 9.29. The first-order valence-electron chi connectivity index (χ1n) is 11.2. The summed E-state index contributed by atoms with van der Waals surface area (Å²) in [6.45, 7) is 1.75. The van der Waals surface area contributed by atoms with Crippen LogP contribution < -0.4 is 16.0 Å². The summed E-state index contributed by atoms with van der Waals surface area (Å²) in [5.41, 5.74) is 0.662. The van der Waals surface area contributed by atoms with Crippen molar-refractivity contribution in [3.05, 3.63) is 71.3 Å². The summed E-state index contributed by atoms with van der Waals surface area (Å²) < 4.78 is 26.7. The fourth-order valence-electron chi connectivity index (χ4n) is 3.36. The minimum Gasteiger partial charge on any atom is -0.481 e. The van der Waals surface area contributed by atoms with Crippen LogP contribution in [0.3, 0.4) is 0 Å². The van der Waals surface area contributed by atoms with Gasteiger partial charge in [-0.1, -0.05) is 36.8 Å². The molecule has 2 aromatic carbocycles. The molecule has 0 spiro atoms. The number of unbranched alkanes of at least 4 members (excludes halogenated alkanes) is 2. The molecule has 10 heteroatoms. The second kappa shape index (κ2) is 13.8. The number of rotatable bonds is 13. The number of hydrogen-bond donors (Lipinski definition) is 4. The van der Waals surface area contributed by atoms with E-state index in [9.17, 15) is 28.0 Å². The second-order valence-corrected chi connectivity index (χ2v) is 8.09. The number of carboxylic acid groups (broad SMARTS) is 1. The number of hydrogen-bond acceptors (Lipinski definition) is 4. The zero-order valence-electron chi connectivity index (χ0n) is 19.4. The topological polar surface area (TPSA) is 125 Å². The maximum absolute atomic E-state index is 13.3. The van der Waals surface area contributed by atoms with Gasteiger partial charge in [0.05, 0.1) is 6.42 Å². The molecule has 8 nitrogen and oxygen atoms in total. The van der Waals surface area contributed by atoms with E-state index in [1.165, 1.54) is 6.92 Å². The molecule has 2 rings (SSSR count). The van der Waals surface area contributed by atoms with Crippen molar-refractivity contribution in [2.75, 3.05) is 6.54 Å². The number of amides is 3. The molecule has 0 heterocycles. The first-order valence-corrected chi connectivity index (χ1v) is 11.2. The number of halogens is 2. The minimum absolute atomic E-state index is 0.0639. The smallest absolute Gasteiger partial charge is 0.303 e. The Hall–Kier alpha value is -3.82. The second-order valence-electron chi connectivity index (χ2n) is 8.09. The lowest BCUT2D eigenvalue weighted by Gasteiger charge is -2.22. The Morgan fingerprint density at radius 2 is 1.54 bits per heavy atom. The van der Waals surface area contributed by atoms with Gasteiger partial charge in [-0.15, -0.1) is 0 Å². The predicted octanol–water partition coefficient (Wildman–Crippen LogP) is 2.63. The monoisotopic (exact) mass is 489 g/mol. The van der Waals surface area contributed by atoms with E-state index in [0.717, 1.165) is 12.1 Å². The van der Waals surface area contributed by atoms with E-state index < -0.39 is 47.4 Å². The molecule has 0 saturated heterocycles. The third-order valence-electron chi connectivity index (χ3n) is 5.11. The molecule has 0 aliphatic heterocycles. The fourth-order valence-corrected chi connectivity index (χ4v) is 3.36. The van der Waals surface area contributed by atoms with Crippen LogP contribution in [0.5, 0.6) is 0 Å². The number of carbonyl (C=O) groups excluding carboxylic acids is 3. The lowest BCUT2D eigenvalue weighted by atomic mass is 10.1. The SMILES string of the molecule is C[C@H](NC(=O)Cc1cc(F)cc(F)c1)C(=O)N[C@H](C(=O)NCCCCCC(=O)O)c1ccccc1. The number of nitrogens with one attached hydrogen (secondary N) is 3. The Kier molecular flexibility index (Phi) is 10.8. The predicted molar refractivity (Wildman–Crippen MR) is 124 cm³/mol. The average molecular weight is 490 g/mol. The van der Waals surface area contributed by atoms with Crippen molar-refractivity contribution in [3.63, 3.8) is 0 Å². The molecule has 2 aromatic rings. The Labute approximate surface area is 202 Å². The van der Waals surface area contributed by atoms with Crippen molar-refractivity contribution in [1.82, 2.24) is 16.0 Å². The Bertz CT molecular complexity index is 1010. The summed E-state index contributed by atoms with van der Waals surface area (Å²) in [7, 11) is 0. The molecule has 0 aliphatic carbocycles. The zero-order valence-corrected chi connectivity index (χ0v) is 19.4. The molecule has 35 heavy (non-hydrogen) atoms. The molecule has 4 N–H and O–H groups in total. The van der Waals surface area contributed by atoms with Crippen molar-refractivity contribution in [1.29, 1.82) is 0 Å². The van der Waals surface area contributed by atoms with Gasteiger partial charge < -0.3 is 21.1 Å². The van der Waals surface area contributed by atoms with Gasteiger partial charge in [-0.25, -0.2) is 8.78 Å². The quantitative estimate of drug-likeness (QED) is 0.322. The summed E-state index contributed by atoms with van der Waals surface area (Å²) in [6.07, 6.45) is 1.46. The van der Waals surface area contributed by atoms with Crippen LogP contribution in [0, 0.1) is 11.6 Å². The van der Waals surface area contributed by atoms with Crippen LogP contribution in [0.15, 0.2) is 48.5 Å². The normalized spacial score (nSPS) is 12.3. The molecule has 0 radical (unpaired) electrons. The van der Waals surface area contributed by atoms with E-state index in [1.54, 1.807) is 30.3 Å². The van der Waals surface area contributed by atoms with Crippen LogP contribution in [-0.4, -0.2) is 41.4 Å². The molecular weight excluding hydrogens is 460 g/mol. The van der Waals surface area contributed by atoms with Crippen LogP contribution in [0.25, 0.3) is 0 Å². The maximum atomic E-state index is 13.3. The third-order valence-corrected chi connectivity index (χ3v) is 5.11. The van der Waals surface area contributed by atoms with Crippen LogP contribution in [0.1, 0.15) is 49.8 Å². The Balaban J connectivity index is 1.94. The Morgan fingerprint density at radius 1 is 0.886 bits per heavy atom. The highest BCUT2D eigenvalue weighted by Crippen LogP contribution is 2.14. The standard InChI is InChI=1S/C25H29F2N3O5/c1-16(29-21(31)14-17-12-19(26)15-20(27)13-17)24(34)30-23(18-8-4-2-5-9-18)25(35)28-11-7-3-6-10-22(32)33/h2,4-5,8-9,12-13,15-16,23H,3,6-7,10-11,14H2,1H3,(H,28,35)(H,29,31)(H,30,34)(H,32,33)/t16-,23-/m0/s1. The van der Waals surface area contributed by atoms with Gasteiger partial charge in [0, 0.05) is 19.0 Å². The van der Waals surface area contributed by atoms with E-state index in [2.05, 4.69) is 16.0 Å². The van der Waals surface area contributed by atoms with Gasteiger partial charge in [0.2, 0.25) is 17.7 Å². The van der Waals surface area contributed by atoms with Gasteiger partial charge in [0.1, 0.15) is 23.7 Å². The number of benzene rings is 2. The molecule has 0 aromatic heterocycles. The van der Waals surface area contributed by atoms with Crippen molar-refractivity contribution >= 4 is 23.7 Å². The molecule has 0 unspecified atom stereocenters. The lowest BCUT2D eigenvalue weighted by Crippen LogP contribution is -2.49. The summed E-state index contributed by atoms with van der Waals surface area (Å²) in [5.74, 6) is -4.16. The summed E-state index contributed by atoms with van der Waals surface area (Å²) in [4.78, 5) is 48.3. The van der Waals surface area contributed by atoms with E-state index in [0.29, 0.717) is 37.4 Å². The van der Waals surface area contributed by atoms with Gasteiger partial charge in [0.25, 0.3) is 0 Å². The average Bonchev–Trinajstić information content (AvgIpc) is 2.78. The van der Waals surface area contributed by atoms with Gasteiger partial charge >= 0.3 is 5.97 Å². The molecule has 188 valence electrons. The Morgan fingerprint density at radius 3 is 2.17 bits per heavy atom. The zero-order chi connectivity index (χ0) is 25.8. The van der Waals surface area contributed by atoms with Gasteiger partial charge in [-0.05, 0) is 43.0 Å². The fraction of sp³-hybridized carbons (Fsp3) is 0.360. The van der Waals surface area contributed by atoms with Crippen molar-refractivity contribution < 1.29 is 33.1 Å². The highest BCUT2D eigenvalue weighted by molar-refractivity contribution is 5.92. The van der Waals surface area contributed by atoms with E-state index in [1.807, 2.05) is 0 Å². The highest BCUT2D eigenvalue weighted by Gasteiger charge is 2.25. The van der Waals surface area contributed by atoms with Crippen molar-refractivity contribution in [2.45, 2.75) is 51.1 Å². The lowest BCUT2D eigenvalue weighted by molar-refractivity contribution is -0.137. The van der Waals surface area contributed by atoms with Crippen LogP contribution in [-0.2, 0) is 25.6 Å². The van der Waals surface area contributed by atoms with E-state index in [-0.39, 0.29) is 18.4 Å². The number of aliphatic carboxylic acids is 1. The van der Waals surface area contributed by atoms with Gasteiger partial charge in [-0.3, -0.25) is 19.2 Å². The molecule has 3 amide bonds. The first kappa shape index (κ1) is 27.4. The van der Waals surface area contributed by atoms with Crippen LogP contribution in [0.2, 0.25) is 0 Å². The molecule has 2 atom stereocenters. The van der Waals surface area contributed by atoms with Gasteiger partial charge in [0.15, 0.2) is 0 Å². The van der Waals surface area contributed by atoms with E-state index >= 15 is 0 Å². The van der Waals surface area contributed by atoms with Crippen molar-refractivity contribution in [2.24, 2.45) is 0 Å². The highest BCUT2D eigenvalue weighted by atomic mass is 19.1. The summed E-state index contributed by atoms with van der Waals surface area (Å²) >= 11 is 0. The van der Waals surface area contributed by atoms with Crippen LogP contribution in [0.4, 0.5) is 8.78 Å². The molecule has 0 aliphatic rings. The molecule has 0 bridgehead atoms. The minimum atomic E-state index is -1.02.